The molecule has 2 aromatic carbocycles. The third-order valence-electron chi connectivity index (χ3n) is 5.86. The summed E-state index contributed by atoms with van der Waals surface area (Å²) >= 11 is 0. The Kier molecular flexibility index (Phi) is 4.90. The topological polar surface area (TPSA) is 52.0 Å². The molecular weight excluding hydrogens is 400 g/mol. The Morgan fingerprint density at radius 2 is 0.938 bits per heavy atom. The average Bonchev–Trinajstić information content (AvgIpc) is 2.84. The molecule has 0 aliphatic heterocycles. The molecule has 0 N–H and O–H groups in total. The zero-order chi connectivity index (χ0) is 22.2. The zero-order valence-electron chi connectivity index (χ0n) is 18.5. The number of fused-ring (bicyclic) bond motifs is 2. The molecule has 0 aliphatic carbocycles. The molecule has 0 atom stereocenters. The average molecular weight is 425 g/mol. The molecule has 5 rings (SSSR count). The van der Waals surface area contributed by atoms with Gasteiger partial charge in [0.15, 0.2) is 35.8 Å². The molecule has 0 aliphatic rings. The monoisotopic (exact) mass is 424 g/mol. The van der Waals surface area contributed by atoms with Gasteiger partial charge in [-0.15, -0.1) is 0 Å². The molecule has 3 aromatic heterocycles. The van der Waals surface area contributed by atoms with E-state index in [1.54, 1.807) is 14.2 Å². The fraction of sp³-hybridized carbons (Fsp3) is 0.154. The zero-order valence-corrected chi connectivity index (χ0v) is 18.5. The first-order valence-corrected chi connectivity index (χ1v) is 10.4. The van der Waals surface area contributed by atoms with Crippen molar-refractivity contribution in [1.29, 1.82) is 0 Å². The normalized spacial score (nSPS) is 11.1. The van der Waals surface area contributed by atoms with Gasteiger partial charge in [0, 0.05) is 35.4 Å². The van der Waals surface area contributed by atoms with Crippen LogP contribution in [-0.4, -0.2) is 24.2 Å². The molecule has 6 heteroatoms. The van der Waals surface area contributed by atoms with Crippen molar-refractivity contribution in [3.63, 3.8) is 0 Å². The summed E-state index contributed by atoms with van der Waals surface area (Å²) in [5.74, 6) is 1.32. The molecule has 0 unspecified atom stereocenters. The van der Waals surface area contributed by atoms with Gasteiger partial charge in [0.25, 0.3) is 0 Å². The van der Waals surface area contributed by atoms with Crippen LogP contribution in [0.1, 0.15) is 11.1 Å². The van der Waals surface area contributed by atoms with E-state index in [4.69, 9.17) is 19.4 Å². The van der Waals surface area contributed by atoms with Crippen LogP contribution in [0.15, 0.2) is 73.3 Å². The van der Waals surface area contributed by atoms with Gasteiger partial charge in [0.2, 0.25) is 11.4 Å². The molecule has 3 heterocycles. The Bertz CT molecular complexity index is 1340. The van der Waals surface area contributed by atoms with Crippen LogP contribution in [0.25, 0.3) is 33.4 Å². The van der Waals surface area contributed by atoms with Gasteiger partial charge >= 0.3 is 0 Å². The van der Waals surface area contributed by atoms with E-state index in [2.05, 4.69) is 23.0 Å². The number of aromatic nitrogens is 4. The molecule has 158 valence electrons. The molecule has 0 fully saturated rings. The Hall–Kier alpha value is -4.06. The molecule has 0 bridgehead atoms. The van der Waals surface area contributed by atoms with Crippen LogP contribution in [-0.2, 0) is 0 Å². The Morgan fingerprint density at radius 3 is 1.28 bits per heavy atom. The first-order valence-electron chi connectivity index (χ1n) is 10.4. The third kappa shape index (κ3) is 3.03. The van der Waals surface area contributed by atoms with E-state index in [-0.39, 0.29) is 0 Å². The van der Waals surface area contributed by atoms with E-state index in [1.807, 2.05) is 73.3 Å². The highest BCUT2D eigenvalue weighted by molar-refractivity contribution is 5.98. The quantitative estimate of drug-likeness (QED) is 0.324. The molecule has 0 spiro atoms. The van der Waals surface area contributed by atoms with Crippen molar-refractivity contribution in [3.05, 3.63) is 84.4 Å². The molecule has 0 saturated heterocycles. The molecule has 0 saturated carbocycles. The van der Waals surface area contributed by atoms with Crippen molar-refractivity contribution in [2.45, 2.75) is 13.8 Å². The summed E-state index contributed by atoms with van der Waals surface area (Å²) < 4.78 is 15.4. The van der Waals surface area contributed by atoms with E-state index in [1.165, 1.54) is 0 Å². The van der Waals surface area contributed by atoms with E-state index < -0.39 is 0 Å². The predicted octanol–water partition coefficient (Wildman–Crippen LogP) is 3.97. The lowest BCUT2D eigenvalue weighted by atomic mass is 10.0. The number of methoxy groups -OCH3 is 2. The van der Waals surface area contributed by atoms with Gasteiger partial charge in [-0.05, 0) is 26.0 Å². The number of rotatable bonds is 4. The van der Waals surface area contributed by atoms with Gasteiger partial charge in [-0.2, -0.15) is 9.13 Å². The van der Waals surface area contributed by atoms with E-state index >= 15 is 0 Å². The molecule has 0 radical (unpaired) electrons. The minimum atomic E-state index is 0.659. The van der Waals surface area contributed by atoms with Gasteiger partial charge in [-0.25, -0.2) is 9.97 Å². The lowest BCUT2D eigenvalue weighted by Crippen LogP contribution is -2.35. The Balaban J connectivity index is 2.02. The largest absolute Gasteiger partial charge is 0.494 e. The van der Waals surface area contributed by atoms with E-state index in [0.29, 0.717) is 22.5 Å². The van der Waals surface area contributed by atoms with E-state index in [9.17, 15) is 0 Å². The Morgan fingerprint density at radius 1 is 0.562 bits per heavy atom. The van der Waals surface area contributed by atoms with Gasteiger partial charge in [-0.3, -0.25) is 0 Å². The second kappa shape index (κ2) is 7.89. The summed E-state index contributed by atoms with van der Waals surface area (Å²) in [6, 6.07) is 15.8. The summed E-state index contributed by atoms with van der Waals surface area (Å²) in [6.07, 6.45) is 8.13. The van der Waals surface area contributed by atoms with Gasteiger partial charge in [0.1, 0.15) is 22.5 Å². The van der Waals surface area contributed by atoms with Gasteiger partial charge < -0.3 is 9.47 Å². The van der Waals surface area contributed by atoms with Crippen LogP contribution >= 0.6 is 0 Å². The summed E-state index contributed by atoms with van der Waals surface area (Å²) in [4.78, 5) is 10.2. The van der Waals surface area contributed by atoms with Crippen molar-refractivity contribution >= 4 is 22.1 Å². The SMILES string of the molecule is COc1ccc(OC)c2nc3c(-[n+]4ccccc4)c(C)c(C)c(-[n+]4ccccc4)c3nc12. The number of pyridine rings is 2. The standard InChI is InChI=1S/C26H24N4O2/c1-17-18(2)26(30-15-9-6-10-16-30)24-23(25(17)29-13-7-5-8-14-29)27-21-19(31-3)11-12-20(32-4)22(21)28-24/h5-16H,1-4H3/q+2. The smallest absolute Gasteiger partial charge is 0.242 e. The van der Waals surface area contributed by atoms with Crippen molar-refractivity contribution in [2.75, 3.05) is 14.2 Å². The molecular formula is C26H24N4O2+2. The van der Waals surface area contributed by atoms with Gasteiger partial charge in [-0.1, -0.05) is 12.1 Å². The molecule has 5 aromatic rings. The minimum absolute atomic E-state index is 0.659. The fourth-order valence-electron chi connectivity index (χ4n) is 4.19. The van der Waals surface area contributed by atoms with Crippen LogP contribution in [0.3, 0.4) is 0 Å². The second-order valence-electron chi connectivity index (χ2n) is 7.60. The number of nitrogens with zero attached hydrogens (tertiary/aromatic N) is 4. The molecule has 0 amide bonds. The lowest BCUT2D eigenvalue weighted by Gasteiger charge is -2.13. The second-order valence-corrected chi connectivity index (χ2v) is 7.60. The van der Waals surface area contributed by atoms with Crippen molar-refractivity contribution < 1.29 is 18.6 Å². The number of hydrogen-bond acceptors (Lipinski definition) is 4. The van der Waals surface area contributed by atoms with Gasteiger partial charge in [0.05, 0.1) is 14.2 Å². The van der Waals surface area contributed by atoms with Crippen molar-refractivity contribution in [2.24, 2.45) is 0 Å². The van der Waals surface area contributed by atoms with Crippen molar-refractivity contribution in [1.82, 2.24) is 9.97 Å². The van der Waals surface area contributed by atoms with E-state index in [0.717, 1.165) is 33.5 Å². The van der Waals surface area contributed by atoms with Crippen LogP contribution in [0.4, 0.5) is 0 Å². The fourth-order valence-corrected chi connectivity index (χ4v) is 4.19. The Labute approximate surface area is 186 Å². The highest BCUT2D eigenvalue weighted by atomic mass is 16.5. The summed E-state index contributed by atoms with van der Waals surface area (Å²) in [7, 11) is 3.29. The highest BCUT2D eigenvalue weighted by Crippen LogP contribution is 2.35. The first kappa shape index (κ1) is 19.9. The predicted molar refractivity (Wildman–Crippen MR) is 123 cm³/mol. The lowest BCUT2D eigenvalue weighted by molar-refractivity contribution is -0.598. The van der Waals surface area contributed by atoms with Crippen LogP contribution < -0.4 is 18.6 Å². The first-order chi connectivity index (χ1) is 15.6. The van der Waals surface area contributed by atoms with Crippen molar-refractivity contribution in [3.8, 4) is 22.9 Å². The minimum Gasteiger partial charge on any atom is -0.494 e. The molecule has 6 nitrogen and oxygen atoms in total. The number of benzene rings is 2. The molecule has 32 heavy (non-hydrogen) atoms. The summed E-state index contributed by atoms with van der Waals surface area (Å²) in [6.45, 7) is 4.26. The maximum atomic E-state index is 5.62. The maximum absolute atomic E-state index is 5.62. The number of ether oxygens (including phenoxy) is 2. The highest BCUT2D eigenvalue weighted by Gasteiger charge is 2.29. The third-order valence-corrected chi connectivity index (χ3v) is 5.86. The number of hydrogen-bond donors (Lipinski definition) is 0. The maximum Gasteiger partial charge on any atom is 0.242 e. The van der Waals surface area contributed by atoms with Crippen LogP contribution in [0, 0.1) is 13.8 Å². The van der Waals surface area contributed by atoms with Crippen LogP contribution in [0.5, 0.6) is 11.5 Å². The summed E-state index contributed by atoms with van der Waals surface area (Å²) in [5, 5.41) is 0. The van der Waals surface area contributed by atoms with Crippen LogP contribution in [0.2, 0.25) is 0 Å². The summed E-state index contributed by atoms with van der Waals surface area (Å²) in [5.41, 5.74) is 7.21.